The average molecular weight is 247 g/mol. The maximum atomic E-state index is 6.10. The van der Waals surface area contributed by atoms with Crippen LogP contribution in [0.1, 0.15) is 38.4 Å². The van der Waals surface area contributed by atoms with Gasteiger partial charge in [0.25, 0.3) is 0 Å². The maximum absolute atomic E-state index is 6.10. The van der Waals surface area contributed by atoms with Crippen LogP contribution in [0.15, 0.2) is 12.3 Å². The monoisotopic (exact) mass is 246 g/mol. The topological polar surface area (TPSA) is 24.9 Å². The lowest BCUT2D eigenvalue weighted by molar-refractivity contribution is 0.507. The summed E-state index contributed by atoms with van der Waals surface area (Å²) in [5.41, 5.74) is 0.886. The van der Waals surface area contributed by atoms with E-state index in [4.69, 9.17) is 23.2 Å². The molecule has 15 heavy (non-hydrogen) atoms. The molecule has 0 aliphatic carbocycles. The van der Waals surface area contributed by atoms with Gasteiger partial charge in [0, 0.05) is 6.20 Å². The Hall–Kier alpha value is -0.310. The third-order valence-corrected chi connectivity index (χ3v) is 2.72. The van der Waals surface area contributed by atoms with E-state index in [0.29, 0.717) is 10.0 Å². The van der Waals surface area contributed by atoms with E-state index in [1.807, 2.05) is 0 Å². The van der Waals surface area contributed by atoms with Crippen molar-refractivity contribution in [3.05, 3.63) is 28.0 Å². The molecule has 84 valence electrons. The Balaban J connectivity index is 2.81. The van der Waals surface area contributed by atoms with Gasteiger partial charge in [-0.3, -0.25) is 4.98 Å². The smallest absolute Gasteiger partial charge is 0.0760 e. The zero-order valence-corrected chi connectivity index (χ0v) is 10.6. The molecule has 2 nitrogen and oxygen atoms in total. The van der Waals surface area contributed by atoms with Crippen molar-refractivity contribution in [3.63, 3.8) is 0 Å². The first-order valence-corrected chi connectivity index (χ1v) is 5.99. The highest BCUT2D eigenvalue weighted by Crippen LogP contribution is 2.25. The van der Waals surface area contributed by atoms with Crippen LogP contribution in [0.2, 0.25) is 10.0 Å². The number of rotatable bonds is 5. The molecule has 1 heterocycles. The molecule has 1 aromatic rings. The molecule has 1 aromatic heterocycles. The molecule has 1 atom stereocenters. The molecule has 0 aromatic carbocycles. The van der Waals surface area contributed by atoms with Crippen molar-refractivity contribution < 1.29 is 0 Å². The Morgan fingerprint density at radius 2 is 2.13 bits per heavy atom. The number of aromatic nitrogens is 1. The summed E-state index contributed by atoms with van der Waals surface area (Å²) in [5.74, 6) is 0. The number of nitrogens with one attached hydrogen (secondary N) is 1. The van der Waals surface area contributed by atoms with Gasteiger partial charge in [-0.15, -0.1) is 0 Å². The quantitative estimate of drug-likeness (QED) is 0.855. The standard InChI is InChI=1S/C11H16Cl2N2/c1-3-5-14-10(4-2)11-9(13)6-8(12)7-15-11/h6-7,10,14H,3-5H2,1-2H3. The van der Waals surface area contributed by atoms with E-state index in [2.05, 4.69) is 24.1 Å². The molecule has 0 radical (unpaired) electrons. The van der Waals surface area contributed by atoms with Crippen LogP contribution in [0.4, 0.5) is 0 Å². The number of halogens is 2. The van der Waals surface area contributed by atoms with E-state index >= 15 is 0 Å². The van der Waals surface area contributed by atoms with Crippen molar-refractivity contribution in [2.45, 2.75) is 32.7 Å². The third-order valence-electron chi connectivity index (χ3n) is 2.22. The predicted molar refractivity (Wildman–Crippen MR) is 65.6 cm³/mol. The van der Waals surface area contributed by atoms with Gasteiger partial charge in [0.15, 0.2) is 0 Å². The van der Waals surface area contributed by atoms with Gasteiger partial charge in [-0.05, 0) is 25.5 Å². The summed E-state index contributed by atoms with van der Waals surface area (Å²) in [7, 11) is 0. The Bertz CT molecular complexity index is 315. The minimum Gasteiger partial charge on any atom is -0.309 e. The first-order chi connectivity index (χ1) is 7.19. The van der Waals surface area contributed by atoms with Gasteiger partial charge in [-0.25, -0.2) is 0 Å². The Morgan fingerprint density at radius 3 is 2.67 bits per heavy atom. The fourth-order valence-corrected chi connectivity index (χ4v) is 1.95. The Morgan fingerprint density at radius 1 is 1.40 bits per heavy atom. The summed E-state index contributed by atoms with van der Waals surface area (Å²) in [5, 5.41) is 4.62. The molecule has 0 spiro atoms. The molecule has 1 unspecified atom stereocenters. The fraction of sp³-hybridized carbons (Fsp3) is 0.545. The molecule has 0 aliphatic heterocycles. The second kappa shape index (κ2) is 6.31. The van der Waals surface area contributed by atoms with E-state index in [-0.39, 0.29) is 6.04 Å². The maximum Gasteiger partial charge on any atom is 0.0760 e. The fourth-order valence-electron chi connectivity index (χ4n) is 1.43. The van der Waals surface area contributed by atoms with Crippen molar-refractivity contribution in [2.75, 3.05) is 6.54 Å². The number of nitrogens with zero attached hydrogens (tertiary/aromatic N) is 1. The highest BCUT2D eigenvalue weighted by atomic mass is 35.5. The Labute approximate surface area is 101 Å². The van der Waals surface area contributed by atoms with Crippen LogP contribution < -0.4 is 5.32 Å². The molecule has 0 amide bonds. The molecule has 0 aliphatic rings. The summed E-state index contributed by atoms with van der Waals surface area (Å²) in [6.07, 6.45) is 3.70. The zero-order chi connectivity index (χ0) is 11.3. The summed E-state index contributed by atoms with van der Waals surface area (Å²) in [6.45, 7) is 5.22. The molecule has 1 rings (SSSR count). The van der Waals surface area contributed by atoms with Gasteiger partial charge < -0.3 is 5.32 Å². The van der Waals surface area contributed by atoms with Gasteiger partial charge in [-0.2, -0.15) is 0 Å². The molecule has 0 bridgehead atoms. The van der Waals surface area contributed by atoms with Crippen LogP contribution in [-0.2, 0) is 0 Å². The molecule has 4 heteroatoms. The van der Waals surface area contributed by atoms with Gasteiger partial charge in [0.05, 0.1) is 21.8 Å². The second-order valence-corrected chi connectivity index (χ2v) is 4.28. The third kappa shape index (κ3) is 3.63. The van der Waals surface area contributed by atoms with Crippen LogP contribution in [0.5, 0.6) is 0 Å². The average Bonchev–Trinajstić information content (AvgIpc) is 2.21. The first kappa shape index (κ1) is 12.8. The van der Waals surface area contributed by atoms with Crippen molar-refractivity contribution in [1.82, 2.24) is 10.3 Å². The second-order valence-electron chi connectivity index (χ2n) is 3.44. The van der Waals surface area contributed by atoms with Crippen molar-refractivity contribution >= 4 is 23.2 Å². The molecule has 0 saturated carbocycles. The minimum absolute atomic E-state index is 0.217. The van der Waals surface area contributed by atoms with Crippen LogP contribution in [0, 0.1) is 0 Å². The molecular weight excluding hydrogens is 231 g/mol. The molecule has 1 N–H and O–H groups in total. The van der Waals surface area contributed by atoms with E-state index in [0.717, 1.165) is 25.1 Å². The van der Waals surface area contributed by atoms with E-state index in [1.54, 1.807) is 12.3 Å². The predicted octanol–water partition coefficient (Wildman–Crippen LogP) is 3.84. The lowest BCUT2D eigenvalue weighted by Crippen LogP contribution is -2.22. The molecular formula is C11H16Cl2N2. The lowest BCUT2D eigenvalue weighted by Gasteiger charge is -2.17. The minimum atomic E-state index is 0.217. The first-order valence-electron chi connectivity index (χ1n) is 5.23. The van der Waals surface area contributed by atoms with Crippen molar-refractivity contribution in [1.29, 1.82) is 0 Å². The van der Waals surface area contributed by atoms with E-state index in [9.17, 15) is 0 Å². The van der Waals surface area contributed by atoms with Gasteiger partial charge in [0.2, 0.25) is 0 Å². The highest BCUT2D eigenvalue weighted by molar-refractivity contribution is 6.34. The van der Waals surface area contributed by atoms with E-state index < -0.39 is 0 Å². The van der Waals surface area contributed by atoms with Crippen molar-refractivity contribution in [3.8, 4) is 0 Å². The van der Waals surface area contributed by atoms with Gasteiger partial charge >= 0.3 is 0 Å². The molecule has 0 fully saturated rings. The Kier molecular flexibility index (Phi) is 5.37. The number of pyridine rings is 1. The highest BCUT2D eigenvalue weighted by Gasteiger charge is 2.13. The van der Waals surface area contributed by atoms with Crippen LogP contribution >= 0.6 is 23.2 Å². The summed E-state index contributed by atoms with van der Waals surface area (Å²) in [4.78, 5) is 4.28. The molecule has 0 saturated heterocycles. The largest absolute Gasteiger partial charge is 0.309 e. The zero-order valence-electron chi connectivity index (χ0n) is 9.06. The van der Waals surface area contributed by atoms with Crippen LogP contribution in [0.3, 0.4) is 0 Å². The SMILES string of the molecule is CCCNC(CC)c1ncc(Cl)cc1Cl. The summed E-state index contributed by atoms with van der Waals surface area (Å²) in [6, 6.07) is 1.96. The van der Waals surface area contributed by atoms with Gasteiger partial charge in [0.1, 0.15) is 0 Å². The number of hydrogen-bond acceptors (Lipinski definition) is 2. The van der Waals surface area contributed by atoms with E-state index in [1.165, 1.54) is 0 Å². The van der Waals surface area contributed by atoms with Crippen LogP contribution in [-0.4, -0.2) is 11.5 Å². The lowest BCUT2D eigenvalue weighted by atomic mass is 10.1. The normalized spacial score (nSPS) is 12.8. The van der Waals surface area contributed by atoms with Crippen LogP contribution in [0.25, 0.3) is 0 Å². The summed E-state index contributed by atoms with van der Waals surface area (Å²) >= 11 is 11.9. The number of hydrogen-bond donors (Lipinski definition) is 1. The summed E-state index contributed by atoms with van der Waals surface area (Å²) < 4.78 is 0. The van der Waals surface area contributed by atoms with Crippen molar-refractivity contribution in [2.24, 2.45) is 0 Å². The van der Waals surface area contributed by atoms with Gasteiger partial charge in [-0.1, -0.05) is 37.0 Å².